The van der Waals surface area contributed by atoms with Crippen LogP contribution in [0.15, 0.2) is 30.3 Å². The molecule has 1 fully saturated rings. The first-order valence-corrected chi connectivity index (χ1v) is 6.86. The molecule has 0 radical (unpaired) electrons. The molecule has 18 heavy (non-hydrogen) atoms. The molecule has 2 rings (SSSR count). The fraction of sp³-hybridized carbons (Fsp3) is 0.562. The molecule has 0 aliphatic heterocycles. The molecule has 1 N–H and O–H groups in total. The highest BCUT2D eigenvalue weighted by atomic mass is 16.3. The minimum atomic E-state index is -0.651. The SMILES string of the molecule is CCC1CCC(C#N)(C(O)c2ccccc2)CC1. The van der Waals surface area contributed by atoms with Gasteiger partial charge in [-0.05, 0) is 37.2 Å². The molecule has 0 spiro atoms. The monoisotopic (exact) mass is 243 g/mol. The van der Waals surface area contributed by atoms with E-state index < -0.39 is 11.5 Å². The minimum absolute atomic E-state index is 0.576. The Labute approximate surface area is 109 Å². The number of nitriles is 1. The second-order valence-electron chi connectivity index (χ2n) is 5.43. The van der Waals surface area contributed by atoms with Gasteiger partial charge in [0.05, 0.1) is 17.6 Å². The average Bonchev–Trinajstić information content (AvgIpc) is 2.47. The highest BCUT2D eigenvalue weighted by Gasteiger charge is 2.41. The zero-order valence-electron chi connectivity index (χ0n) is 11.0. The average molecular weight is 243 g/mol. The van der Waals surface area contributed by atoms with Crippen LogP contribution in [0.2, 0.25) is 0 Å². The number of aliphatic hydroxyl groups excluding tert-OH is 1. The highest BCUT2D eigenvalue weighted by molar-refractivity contribution is 5.23. The van der Waals surface area contributed by atoms with Crippen LogP contribution in [0.3, 0.4) is 0 Å². The zero-order valence-corrected chi connectivity index (χ0v) is 11.0. The van der Waals surface area contributed by atoms with Crippen LogP contribution in [0, 0.1) is 22.7 Å². The molecule has 0 bridgehead atoms. The van der Waals surface area contributed by atoms with Gasteiger partial charge in [0.15, 0.2) is 0 Å². The van der Waals surface area contributed by atoms with E-state index in [-0.39, 0.29) is 0 Å². The molecule has 1 aliphatic rings. The summed E-state index contributed by atoms with van der Waals surface area (Å²) in [6.07, 6.45) is 4.29. The van der Waals surface area contributed by atoms with Crippen molar-refractivity contribution in [3.8, 4) is 6.07 Å². The van der Waals surface area contributed by atoms with E-state index in [9.17, 15) is 10.4 Å². The lowest BCUT2D eigenvalue weighted by Crippen LogP contribution is -2.32. The van der Waals surface area contributed by atoms with Gasteiger partial charge >= 0.3 is 0 Å². The lowest BCUT2D eigenvalue weighted by Gasteiger charge is -2.38. The van der Waals surface area contributed by atoms with E-state index in [2.05, 4.69) is 13.0 Å². The minimum Gasteiger partial charge on any atom is -0.387 e. The number of hydrogen-bond donors (Lipinski definition) is 1. The van der Waals surface area contributed by atoms with Crippen molar-refractivity contribution in [2.24, 2.45) is 11.3 Å². The van der Waals surface area contributed by atoms with Crippen LogP contribution in [0.25, 0.3) is 0 Å². The summed E-state index contributed by atoms with van der Waals surface area (Å²) in [7, 11) is 0. The number of benzene rings is 1. The summed E-state index contributed by atoms with van der Waals surface area (Å²) in [5.74, 6) is 0.731. The standard InChI is InChI=1S/C16H21NO/c1-2-13-8-10-16(12-17,11-9-13)15(18)14-6-4-3-5-7-14/h3-7,13,15,18H,2,8-11H2,1H3. The van der Waals surface area contributed by atoms with E-state index in [0.717, 1.165) is 37.2 Å². The van der Waals surface area contributed by atoms with Crippen molar-refractivity contribution < 1.29 is 5.11 Å². The molecule has 1 aromatic carbocycles. The first-order valence-electron chi connectivity index (χ1n) is 6.86. The maximum Gasteiger partial charge on any atom is 0.0976 e. The summed E-state index contributed by atoms with van der Waals surface area (Å²) in [6.45, 7) is 2.21. The van der Waals surface area contributed by atoms with Gasteiger partial charge in [-0.3, -0.25) is 0 Å². The number of nitrogens with zero attached hydrogens (tertiary/aromatic N) is 1. The summed E-state index contributed by atoms with van der Waals surface area (Å²) >= 11 is 0. The first-order chi connectivity index (χ1) is 8.72. The third kappa shape index (κ3) is 2.42. The maximum absolute atomic E-state index is 10.5. The molecule has 1 unspecified atom stereocenters. The second kappa shape index (κ2) is 5.54. The van der Waals surface area contributed by atoms with Crippen molar-refractivity contribution in [3.63, 3.8) is 0 Å². The molecule has 0 saturated heterocycles. The lowest BCUT2D eigenvalue weighted by atomic mass is 9.66. The van der Waals surface area contributed by atoms with E-state index in [0.29, 0.717) is 0 Å². The molecule has 0 amide bonds. The third-order valence-corrected chi connectivity index (χ3v) is 4.44. The zero-order chi connectivity index (χ0) is 13.0. The van der Waals surface area contributed by atoms with Crippen molar-refractivity contribution >= 4 is 0 Å². The van der Waals surface area contributed by atoms with Gasteiger partial charge in [-0.1, -0.05) is 43.7 Å². The van der Waals surface area contributed by atoms with Crippen LogP contribution in [0.1, 0.15) is 50.7 Å². The van der Waals surface area contributed by atoms with Gasteiger partial charge in [0.2, 0.25) is 0 Å². The van der Waals surface area contributed by atoms with Crippen molar-refractivity contribution in [1.29, 1.82) is 5.26 Å². The molecule has 1 atom stereocenters. The topological polar surface area (TPSA) is 44.0 Å². The third-order valence-electron chi connectivity index (χ3n) is 4.44. The molecule has 1 aromatic rings. The summed E-state index contributed by atoms with van der Waals surface area (Å²) in [4.78, 5) is 0. The van der Waals surface area contributed by atoms with Gasteiger partial charge in [-0.15, -0.1) is 0 Å². The van der Waals surface area contributed by atoms with E-state index in [1.54, 1.807) is 0 Å². The quantitative estimate of drug-likeness (QED) is 0.876. The molecule has 1 saturated carbocycles. The number of rotatable bonds is 3. The summed E-state index contributed by atoms with van der Waals surface area (Å²) in [5.41, 5.74) is 0.293. The smallest absolute Gasteiger partial charge is 0.0976 e. The largest absolute Gasteiger partial charge is 0.387 e. The molecule has 0 heterocycles. The van der Waals surface area contributed by atoms with Crippen molar-refractivity contribution in [2.75, 3.05) is 0 Å². The Morgan fingerprint density at radius 3 is 2.44 bits per heavy atom. The maximum atomic E-state index is 10.5. The summed E-state index contributed by atoms with van der Waals surface area (Å²) in [5, 5.41) is 20.1. The van der Waals surface area contributed by atoms with Crippen molar-refractivity contribution in [3.05, 3.63) is 35.9 Å². The normalized spacial score (nSPS) is 29.5. The highest BCUT2D eigenvalue weighted by Crippen LogP contribution is 2.47. The van der Waals surface area contributed by atoms with Crippen LogP contribution < -0.4 is 0 Å². The molecule has 96 valence electrons. The van der Waals surface area contributed by atoms with Gasteiger partial charge < -0.3 is 5.11 Å². The molecular formula is C16H21NO. The predicted molar refractivity (Wildman–Crippen MR) is 71.7 cm³/mol. The van der Waals surface area contributed by atoms with Gasteiger partial charge in [0.1, 0.15) is 0 Å². The Kier molecular flexibility index (Phi) is 4.04. The van der Waals surface area contributed by atoms with E-state index in [1.807, 2.05) is 30.3 Å². The van der Waals surface area contributed by atoms with Crippen LogP contribution in [-0.2, 0) is 0 Å². The molecule has 2 heteroatoms. The Balaban J connectivity index is 2.17. The molecular weight excluding hydrogens is 222 g/mol. The lowest BCUT2D eigenvalue weighted by molar-refractivity contribution is 0.0243. The summed E-state index contributed by atoms with van der Waals surface area (Å²) < 4.78 is 0. The molecule has 2 nitrogen and oxygen atoms in total. The fourth-order valence-electron chi connectivity index (χ4n) is 3.00. The van der Waals surface area contributed by atoms with Crippen LogP contribution >= 0.6 is 0 Å². The van der Waals surface area contributed by atoms with E-state index >= 15 is 0 Å². The van der Waals surface area contributed by atoms with Gasteiger partial charge in [0, 0.05) is 0 Å². The Morgan fingerprint density at radius 1 is 1.33 bits per heavy atom. The van der Waals surface area contributed by atoms with Gasteiger partial charge in [-0.2, -0.15) is 5.26 Å². The van der Waals surface area contributed by atoms with E-state index in [4.69, 9.17) is 0 Å². The number of hydrogen-bond acceptors (Lipinski definition) is 2. The molecule has 0 aromatic heterocycles. The fourth-order valence-corrected chi connectivity index (χ4v) is 3.00. The summed E-state index contributed by atoms with van der Waals surface area (Å²) in [6, 6.07) is 12.0. The van der Waals surface area contributed by atoms with Crippen LogP contribution in [0.5, 0.6) is 0 Å². The van der Waals surface area contributed by atoms with Crippen molar-refractivity contribution in [2.45, 2.75) is 45.1 Å². The molecule has 1 aliphatic carbocycles. The Bertz CT molecular complexity index is 412. The predicted octanol–water partition coefficient (Wildman–Crippen LogP) is 3.83. The second-order valence-corrected chi connectivity index (χ2v) is 5.43. The van der Waals surface area contributed by atoms with Crippen LogP contribution in [-0.4, -0.2) is 5.11 Å². The van der Waals surface area contributed by atoms with E-state index in [1.165, 1.54) is 6.42 Å². The number of aliphatic hydroxyl groups is 1. The first kappa shape index (κ1) is 13.1. The van der Waals surface area contributed by atoms with Gasteiger partial charge in [-0.25, -0.2) is 0 Å². The van der Waals surface area contributed by atoms with Crippen LogP contribution in [0.4, 0.5) is 0 Å². The Hall–Kier alpha value is -1.33. The van der Waals surface area contributed by atoms with Gasteiger partial charge in [0.25, 0.3) is 0 Å². The Morgan fingerprint density at radius 2 is 1.94 bits per heavy atom. The van der Waals surface area contributed by atoms with Crippen molar-refractivity contribution in [1.82, 2.24) is 0 Å².